The third-order valence-corrected chi connectivity index (χ3v) is 5.12. The van der Waals surface area contributed by atoms with Crippen LogP contribution >= 0.6 is 0 Å². The quantitative estimate of drug-likeness (QED) is 0.761. The molecule has 1 fully saturated rings. The third kappa shape index (κ3) is 3.26. The van der Waals surface area contributed by atoms with Crippen molar-refractivity contribution in [3.05, 3.63) is 53.8 Å². The molecule has 0 radical (unpaired) electrons. The summed E-state index contributed by atoms with van der Waals surface area (Å²) in [6.45, 7) is 2.61. The lowest BCUT2D eigenvalue weighted by Crippen LogP contribution is -2.29. The molecule has 0 saturated carbocycles. The highest BCUT2D eigenvalue weighted by atomic mass is 16.5. The number of carbonyl (C=O) groups is 1. The lowest BCUT2D eigenvalue weighted by atomic mass is 10.0. The van der Waals surface area contributed by atoms with Crippen LogP contribution in [0.3, 0.4) is 0 Å². The molecule has 0 unspecified atom stereocenters. The van der Waals surface area contributed by atoms with Crippen LogP contribution in [0.4, 0.5) is 0 Å². The number of aliphatic hydroxyl groups excluding tert-OH is 1. The Labute approximate surface area is 156 Å². The highest BCUT2D eigenvalue weighted by Crippen LogP contribution is 2.31. The number of hydrogen-bond acceptors (Lipinski definition) is 6. The fraction of sp³-hybridized carbons (Fsp3) is 0.350. The molecule has 0 aliphatic carbocycles. The first-order valence-electron chi connectivity index (χ1n) is 8.86. The van der Waals surface area contributed by atoms with Gasteiger partial charge in [0.2, 0.25) is 0 Å². The van der Waals surface area contributed by atoms with Crippen molar-refractivity contribution in [3.8, 4) is 5.75 Å². The second-order valence-corrected chi connectivity index (χ2v) is 6.86. The number of ether oxygens (including phenoxy) is 1. The van der Waals surface area contributed by atoms with Crippen molar-refractivity contribution in [1.29, 1.82) is 0 Å². The molecule has 27 heavy (non-hydrogen) atoms. The fourth-order valence-corrected chi connectivity index (χ4v) is 3.60. The number of nitrogens with zero attached hydrogens (tertiary/aromatic N) is 3. The Balaban J connectivity index is 1.54. The van der Waals surface area contributed by atoms with Crippen molar-refractivity contribution in [2.45, 2.75) is 19.4 Å². The van der Waals surface area contributed by atoms with Crippen molar-refractivity contribution >= 4 is 16.9 Å². The summed E-state index contributed by atoms with van der Waals surface area (Å²) in [5.74, 6) is 0.709. The van der Waals surface area contributed by atoms with Crippen LogP contribution in [0.2, 0.25) is 0 Å². The highest BCUT2D eigenvalue weighted by Gasteiger charge is 2.36. The van der Waals surface area contributed by atoms with Gasteiger partial charge in [-0.25, -0.2) is 0 Å². The smallest absolute Gasteiger partial charge is 0.289 e. The van der Waals surface area contributed by atoms with Gasteiger partial charge in [0.15, 0.2) is 5.76 Å². The van der Waals surface area contributed by atoms with Crippen LogP contribution in [0.5, 0.6) is 5.75 Å². The Kier molecular flexibility index (Phi) is 4.53. The van der Waals surface area contributed by atoms with E-state index in [-0.39, 0.29) is 18.4 Å². The summed E-state index contributed by atoms with van der Waals surface area (Å²) in [5.41, 5.74) is 2.22. The molecule has 3 heterocycles. The zero-order chi connectivity index (χ0) is 19.0. The van der Waals surface area contributed by atoms with Crippen LogP contribution in [0.25, 0.3) is 11.0 Å². The number of fused-ring (bicyclic) bond motifs is 1. The second-order valence-electron chi connectivity index (χ2n) is 6.86. The Bertz CT molecular complexity index is 970. The number of rotatable bonds is 4. The number of amides is 1. The van der Waals surface area contributed by atoms with E-state index in [1.54, 1.807) is 36.7 Å². The molecule has 1 aromatic carbocycles. The lowest BCUT2D eigenvalue weighted by molar-refractivity contribution is 0.0735. The minimum atomic E-state index is -0.597. The summed E-state index contributed by atoms with van der Waals surface area (Å²) in [6.07, 6.45) is 4.92. The lowest BCUT2D eigenvalue weighted by Gasteiger charge is -2.15. The van der Waals surface area contributed by atoms with Gasteiger partial charge in [-0.05, 0) is 25.5 Å². The maximum Gasteiger partial charge on any atom is 0.289 e. The first-order valence-corrected chi connectivity index (χ1v) is 8.86. The average molecular weight is 367 g/mol. The number of furan rings is 1. The number of aromatic nitrogens is 2. The molecule has 7 nitrogen and oxygen atoms in total. The zero-order valence-electron chi connectivity index (χ0n) is 15.3. The Morgan fingerprint density at radius 3 is 2.96 bits per heavy atom. The van der Waals surface area contributed by atoms with E-state index in [2.05, 4.69) is 9.97 Å². The predicted octanol–water partition coefficient (Wildman–Crippen LogP) is 2.22. The molecule has 1 aliphatic heterocycles. The van der Waals surface area contributed by atoms with Crippen LogP contribution in [-0.4, -0.2) is 52.2 Å². The van der Waals surface area contributed by atoms with E-state index in [1.807, 2.05) is 19.1 Å². The van der Waals surface area contributed by atoms with E-state index in [0.29, 0.717) is 30.1 Å². The number of benzene rings is 1. The Morgan fingerprint density at radius 1 is 1.37 bits per heavy atom. The monoisotopic (exact) mass is 367 g/mol. The van der Waals surface area contributed by atoms with Gasteiger partial charge in [-0.3, -0.25) is 14.8 Å². The number of aryl methyl sites for hydroxylation is 1. The Hall–Kier alpha value is -2.93. The van der Waals surface area contributed by atoms with Crippen molar-refractivity contribution in [3.63, 3.8) is 0 Å². The summed E-state index contributed by atoms with van der Waals surface area (Å²) in [7, 11) is 1.59. The number of aliphatic hydroxyl groups is 1. The van der Waals surface area contributed by atoms with Crippen LogP contribution < -0.4 is 4.74 Å². The molecule has 2 atom stereocenters. The van der Waals surface area contributed by atoms with Gasteiger partial charge in [0.25, 0.3) is 5.91 Å². The highest BCUT2D eigenvalue weighted by molar-refractivity contribution is 5.99. The number of methoxy groups -OCH3 is 1. The van der Waals surface area contributed by atoms with Crippen molar-refractivity contribution in [1.82, 2.24) is 14.9 Å². The second kappa shape index (κ2) is 7.00. The van der Waals surface area contributed by atoms with Crippen molar-refractivity contribution in [2.24, 2.45) is 5.92 Å². The summed E-state index contributed by atoms with van der Waals surface area (Å²) < 4.78 is 11.0. The molecule has 140 valence electrons. The number of hydrogen-bond donors (Lipinski definition) is 1. The SMILES string of the molecule is COc1ccc2c(C)c(C(=O)N3C[C@@H](Cc4cnccn4)[C@H](O)C3)oc2c1. The first-order chi connectivity index (χ1) is 13.1. The summed E-state index contributed by atoms with van der Waals surface area (Å²) >= 11 is 0. The van der Waals surface area contributed by atoms with E-state index in [4.69, 9.17) is 9.15 Å². The van der Waals surface area contributed by atoms with E-state index in [9.17, 15) is 9.90 Å². The Morgan fingerprint density at radius 2 is 2.22 bits per heavy atom. The molecule has 1 amide bonds. The van der Waals surface area contributed by atoms with Gasteiger partial charge < -0.3 is 19.2 Å². The maximum absolute atomic E-state index is 13.0. The number of β-amino-alcohol motifs (C(OH)–C–C–N with tert-alkyl or cyclic N) is 1. The predicted molar refractivity (Wildman–Crippen MR) is 98.6 cm³/mol. The van der Waals surface area contributed by atoms with Gasteiger partial charge in [-0.15, -0.1) is 0 Å². The largest absolute Gasteiger partial charge is 0.497 e. The minimum absolute atomic E-state index is 0.0737. The summed E-state index contributed by atoms with van der Waals surface area (Å²) in [4.78, 5) is 23.0. The van der Waals surface area contributed by atoms with Gasteiger partial charge in [-0.1, -0.05) is 0 Å². The maximum atomic E-state index is 13.0. The van der Waals surface area contributed by atoms with Gasteiger partial charge in [0.1, 0.15) is 11.3 Å². The molecule has 0 spiro atoms. The van der Waals surface area contributed by atoms with Gasteiger partial charge >= 0.3 is 0 Å². The van der Waals surface area contributed by atoms with E-state index in [1.165, 1.54) is 0 Å². The first kappa shape index (κ1) is 17.5. The van der Waals surface area contributed by atoms with Gasteiger partial charge in [0, 0.05) is 54.6 Å². The van der Waals surface area contributed by atoms with Crippen LogP contribution in [0.15, 0.2) is 41.2 Å². The van der Waals surface area contributed by atoms with Crippen molar-refractivity contribution in [2.75, 3.05) is 20.2 Å². The minimum Gasteiger partial charge on any atom is -0.497 e. The molecule has 3 aromatic rings. The van der Waals surface area contributed by atoms with Crippen LogP contribution in [0, 0.1) is 12.8 Å². The number of likely N-dealkylation sites (tertiary alicyclic amines) is 1. The average Bonchev–Trinajstić information content (AvgIpc) is 3.22. The molecule has 1 N–H and O–H groups in total. The molecular weight excluding hydrogens is 346 g/mol. The molecule has 4 rings (SSSR count). The summed E-state index contributed by atoms with van der Waals surface area (Å²) in [6, 6.07) is 5.50. The normalized spacial score (nSPS) is 19.6. The van der Waals surface area contributed by atoms with Crippen LogP contribution in [-0.2, 0) is 6.42 Å². The van der Waals surface area contributed by atoms with E-state index in [0.717, 1.165) is 16.6 Å². The topological polar surface area (TPSA) is 88.7 Å². The van der Waals surface area contributed by atoms with Crippen molar-refractivity contribution < 1.29 is 19.1 Å². The molecule has 7 heteroatoms. The van der Waals surface area contributed by atoms with Crippen LogP contribution in [0.1, 0.15) is 21.8 Å². The molecule has 1 aliphatic rings. The molecular formula is C20H21N3O4. The summed E-state index contributed by atoms with van der Waals surface area (Å²) in [5, 5.41) is 11.3. The fourth-order valence-electron chi connectivity index (χ4n) is 3.60. The third-order valence-electron chi connectivity index (χ3n) is 5.12. The molecule has 0 bridgehead atoms. The molecule has 2 aromatic heterocycles. The van der Waals surface area contributed by atoms with E-state index < -0.39 is 6.10 Å². The zero-order valence-corrected chi connectivity index (χ0v) is 15.3. The van der Waals surface area contributed by atoms with Gasteiger partial charge in [0.05, 0.1) is 18.9 Å². The standard InChI is InChI=1S/C20H21N3O4/c1-12-16-4-3-15(26-2)8-18(16)27-19(12)20(25)23-10-13(17(24)11-23)7-14-9-21-5-6-22-14/h3-6,8-9,13,17,24H,7,10-11H2,1-2H3/t13-,17-/m1/s1. The van der Waals surface area contributed by atoms with Gasteiger partial charge in [-0.2, -0.15) is 0 Å². The van der Waals surface area contributed by atoms with E-state index >= 15 is 0 Å². The number of carbonyl (C=O) groups excluding carboxylic acids is 1. The molecule has 1 saturated heterocycles.